The molecule has 2 N–H and O–H groups in total. The molecule has 5 nitrogen and oxygen atoms in total. The number of hydrogen-bond acceptors (Lipinski definition) is 5. The van der Waals surface area contributed by atoms with Gasteiger partial charge in [0.1, 0.15) is 0 Å². The molecule has 3 heterocycles. The van der Waals surface area contributed by atoms with E-state index in [4.69, 9.17) is 14.2 Å². The molecule has 0 aliphatic carbocycles. The Labute approximate surface area is 120 Å². The van der Waals surface area contributed by atoms with Gasteiger partial charge in [-0.1, -0.05) is 0 Å². The molecule has 3 aliphatic heterocycles. The summed E-state index contributed by atoms with van der Waals surface area (Å²) in [5.74, 6) is 0. The van der Waals surface area contributed by atoms with E-state index in [0.29, 0.717) is 13.0 Å². The second kappa shape index (κ2) is 6.71. The van der Waals surface area contributed by atoms with Gasteiger partial charge in [0.2, 0.25) is 0 Å². The van der Waals surface area contributed by atoms with Crippen LogP contribution in [0.15, 0.2) is 0 Å². The summed E-state index contributed by atoms with van der Waals surface area (Å²) in [7, 11) is 0. The average molecular weight is 286 g/mol. The lowest BCUT2D eigenvalue weighted by molar-refractivity contribution is -0.193. The van der Waals surface area contributed by atoms with Crippen molar-refractivity contribution in [3.8, 4) is 0 Å². The minimum absolute atomic E-state index is 0.134. The molecular weight excluding hydrogens is 260 g/mol. The van der Waals surface area contributed by atoms with Gasteiger partial charge in [-0.25, -0.2) is 0 Å². The van der Waals surface area contributed by atoms with Crippen molar-refractivity contribution in [3.05, 3.63) is 0 Å². The molecule has 20 heavy (non-hydrogen) atoms. The fraction of sp³-hybridized carbons (Fsp3) is 1.00. The second-order valence-corrected chi connectivity index (χ2v) is 6.26. The monoisotopic (exact) mass is 286 g/mol. The maximum absolute atomic E-state index is 10.4. The zero-order valence-corrected chi connectivity index (χ0v) is 11.9. The Kier molecular flexibility index (Phi) is 4.94. The molecule has 0 saturated carbocycles. The van der Waals surface area contributed by atoms with Crippen molar-refractivity contribution in [1.82, 2.24) is 0 Å². The van der Waals surface area contributed by atoms with Gasteiger partial charge >= 0.3 is 0 Å². The Morgan fingerprint density at radius 1 is 0.950 bits per heavy atom. The molecule has 0 amide bonds. The van der Waals surface area contributed by atoms with E-state index >= 15 is 0 Å². The van der Waals surface area contributed by atoms with E-state index < -0.39 is 12.2 Å². The van der Waals surface area contributed by atoms with Crippen molar-refractivity contribution in [2.24, 2.45) is 0 Å². The number of aliphatic hydroxyl groups excluding tert-OH is 2. The molecule has 3 rings (SSSR count). The molecule has 3 fully saturated rings. The van der Waals surface area contributed by atoms with Crippen LogP contribution in [-0.2, 0) is 14.2 Å². The minimum atomic E-state index is -0.560. The SMILES string of the molecule is O[C@H]1CCCO[C@@H]1C[C@H](O)[C@H]1CC[C@@H]2OCCC[C@H]2O1. The first kappa shape index (κ1) is 14.7. The van der Waals surface area contributed by atoms with E-state index in [0.717, 1.165) is 45.1 Å². The summed E-state index contributed by atoms with van der Waals surface area (Å²) in [4.78, 5) is 0. The standard InChI is InChI=1S/C15H26O5/c16-10-3-1-7-19-15(10)9-11(17)12-5-6-13-14(20-12)4-2-8-18-13/h10-17H,1-9H2/t10-,11-,12+,13-,14+,15+/m0/s1. The highest BCUT2D eigenvalue weighted by Gasteiger charge is 2.38. The van der Waals surface area contributed by atoms with E-state index in [1.807, 2.05) is 0 Å². The van der Waals surface area contributed by atoms with Crippen LogP contribution in [0.3, 0.4) is 0 Å². The smallest absolute Gasteiger partial charge is 0.0859 e. The normalized spacial score (nSPS) is 43.8. The molecule has 0 aromatic rings. The van der Waals surface area contributed by atoms with Crippen LogP contribution >= 0.6 is 0 Å². The van der Waals surface area contributed by atoms with Gasteiger partial charge in [-0.05, 0) is 38.5 Å². The third kappa shape index (κ3) is 3.34. The first-order valence-electron chi connectivity index (χ1n) is 7.99. The van der Waals surface area contributed by atoms with Crippen molar-refractivity contribution in [2.45, 2.75) is 81.6 Å². The molecule has 0 spiro atoms. The van der Waals surface area contributed by atoms with E-state index in [9.17, 15) is 10.2 Å². The average Bonchev–Trinajstić information content (AvgIpc) is 2.49. The van der Waals surface area contributed by atoms with Gasteiger partial charge in [-0.15, -0.1) is 0 Å². The van der Waals surface area contributed by atoms with E-state index in [2.05, 4.69) is 0 Å². The molecule has 5 heteroatoms. The zero-order chi connectivity index (χ0) is 13.9. The lowest BCUT2D eigenvalue weighted by atomic mass is 9.91. The first-order chi connectivity index (χ1) is 9.74. The Balaban J connectivity index is 1.50. The lowest BCUT2D eigenvalue weighted by Crippen LogP contribution is -2.48. The second-order valence-electron chi connectivity index (χ2n) is 6.26. The summed E-state index contributed by atoms with van der Waals surface area (Å²) in [6.45, 7) is 1.51. The topological polar surface area (TPSA) is 68.2 Å². The van der Waals surface area contributed by atoms with E-state index in [1.54, 1.807) is 0 Å². The van der Waals surface area contributed by atoms with Crippen molar-refractivity contribution < 1.29 is 24.4 Å². The predicted octanol–water partition coefficient (Wildman–Crippen LogP) is 1.00. The summed E-state index contributed by atoms with van der Waals surface area (Å²) < 4.78 is 17.3. The first-order valence-corrected chi connectivity index (χ1v) is 7.99. The highest BCUT2D eigenvalue weighted by Crippen LogP contribution is 2.31. The van der Waals surface area contributed by atoms with Crippen LogP contribution in [0.2, 0.25) is 0 Å². The van der Waals surface area contributed by atoms with Gasteiger partial charge in [0.05, 0.1) is 36.6 Å². The maximum atomic E-state index is 10.4. The molecule has 116 valence electrons. The van der Waals surface area contributed by atoms with Crippen LogP contribution in [0.5, 0.6) is 0 Å². The van der Waals surface area contributed by atoms with Crippen LogP contribution in [0.4, 0.5) is 0 Å². The molecule has 0 bridgehead atoms. The molecule has 3 saturated heterocycles. The highest BCUT2D eigenvalue weighted by molar-refractivity contribution is 4.87. The third-order valence-corrected chi connectivity index (χ3v) is 4.77. The van der Waals surface area contributed by atoms with Crippen LogP contribution in [0.1, 0.15) is 44.9 Å². The van der Waals surface area contributed by atoms with Crippen molar-refractivity contribution in [1.29, 1.82) is 0 Å². The molecule has 0 unspecified atom stereocenters. The molecule has 0 radical (unpaired) electrons. The zero-order valence-electron chi connectivity index (χ0n) is 11.9. The minimum Gasteiger partial charge on any atom is -0.390 e. The lowest BCUT2D eigenvalue weighted by Gasteiger charge is -2.41. The van der Waals surface area contributed by atoms with Crippen molar-refractivity contribution in [2.75, 3.05) is 13.2 Å². The predicted molar refractivity (Wildman–Crippen MR) is 72.5 cm³/mol. The van der Waals surface area contributed by atoms with E-state index in [-0.39, 0.29) is 24.4 Å². The Bertz CT molecular complexity index is 311. The number of fused-ring (bicyclic) bond motifs is 1. The van der Waals surface area contributed by atoms with Crippen LogP contribution < -0.4 is 0 Å². The fourth-order valence-electron chi connectivity index (χ4n) is 3.58. The van der Waals surface area contributed by atoms with Crippen LogP contribution in [0, 0.1) is 0 Å². The number of ether oxygens (including phenoxy) is 3. The van der Waals surface area contributed by atoms with Crippen LogP contribution in [-0.4, -0.2) is 60.1 Å². The van der Waals surface area contributed by atoms with Crippen molar-refractivity contribution in [3.63, 3.8) is 0 Å². The molecule has 6 atom stereocenters. The summed E-state index contributed by atoms with van der Waals surface area (Å²) in [6, 6.07) is 0. The Hall–Kier alpha value is -0.200. The molecular formula is C15H26O5. The number of rotatable bonds is 3. The summed E-state index contributed by atoms with van der Waals surface area (Å²) in [5.41, 5.74) is 0. The molecule has 0 aromatic carbocycles. The van der Waals surface area contributed by atoms with E-state index in [1.165, 1.54) is 0 Å². The number of aliphatic hydroxyl groups is 2. The largest absolute Gasteiger partial charge is 0.390 e. The van der Waals surface area contributed by atoms with Crippen molar-refractivity contribution >= 4 is 0 Å². The number of hydrogen-bond donors (Lipinski definition) is 2. The maximum Gasteiger partial charge on any atom is 0.0859 e. The van der Waals surface area contributed by atoms with Gasteiger partial charge in [0, 0.05) is 19.6 Å². The highest BCUT2D eigenvalue weighted by atomic mass is 16.6. The molecule has 0 aromatic heterocycles. The van der Waals surface area contributed by atoms with Gasteiger partial charge in [-0.3, -0.25) is 0 Å². The van der Waals surface area contributed by atoms with Gasteiger partial charge < -0.3 is 24.4 Å². The summed E-state index contributed by atoms with van der Waals surface area (Å²) in [6.07, 6.45) is 4.91. The van der Waals surface area contributed by atoms with Gasteiger partial charge in [0.25, 0.3) is 0 Å². The fourth-order valence-corrected chi connectivity index (χ4v) is 3.58. The summed E-state index contributed by atoms with van der Waals surface area (Å²) in [5, 5.41) is 20.3. The quantitative estimate of drug-likeness (QED) is 0.810. The summed E-state index contributed by atoms with van der Waals surface area (Å²) >= 11 is 0. The Morgan fingerprint density at radius 3 is 2.60 bits per heavy atom. The van der Waals surface area contributed by atoms with Crippen LogP contribution in [0.25, 0.3) is 0 Å². The third-order valence-electron chi connectivity index (χ3n) is 4.77. The molecule has 3 aliphatic rings. The van der Waals surface area contributed by atoms with Gasteiger partial charge in [-0.2, -0.15) is 0 Å². The van der Waals surface area contributed by atoms with Gasteiger partial charge in [0.15, 0.2) is 0 Å². The Morgan fingerprint density at radius 2 is 1.75 bits per heavy atom.